The smallest absolute Gasteiger partial charge is 0.244 e. The molecule has 1 aliphatic rings. The lowest BCUT2D eigenvalue weighted by Crippen LogP contribution is -2.37. The monoisotopic (exact) mass is 471 g/mol. The average Bonchev–Trinajstić information content (AvgIpc) is 3.45. The molecule has 0 radical (unpaired) electrons. The van der Waals surface area contributed by atoms with Crippen molar-refractivity contribution in [3.63, 3.8) is 0 Å². The Morgan fingerprint density at radius 1 is 1.00 bits per heavy atom. The summed E-state index contributed by atoms with van der Waals surface area (Å²) in [5.41, 5.74) is 3.25. The number of hydrogen-bond donors (Lipinski definition) is 2. The fourth-order valence-corrected chi connectivity index (χ4v) is 4.55. The lowest BCUT2D eigenvalue weighted by molar-refractivity contribution is -0.116. The molecule has 6 nitrogen and oxygen atoms in total. The summed E-state index contributed by atoms with van der Waals surface area (Å²) in [6.45, 7) is 0.0589. The van der Waals surface area contributed by atoms with Gasteiger partial charge in [0.2, 0.25) is 5.91 Å². The summed E-state index contributed by atoms with van der Waals surface area (Å²) >= 11 is 5.68. The maximum atomic E-state index is 13.6. The maximum Gasteiger partial charge on any atom is 0.244 e. The second-order valence-corrected chi connectivity index (χ2v) is 8.33. The van der Waals surface area contributed by atoms with Crippen LogP contribution in [0.2, 0.25) is 0 Å². The Morgan fingerprint density at radius 3 is 2.50 bits per heavy atom. The molecular formula is C26H22FN5OS. The molecule has 0 bridgehead atoms. The molecule has 5 rings (SSSR count). The number of benzene rings is 2. The van der Waals surface area contributed by atoms with E-state index in [9.17, 15) is 9.18 Å². The molecule has 2 N–H and O–H groups in total. The van der Waals surface area contributed by atoms with Crippen LogP contribution in [-0.2, 0) is 4.79 Å². The fourth-order valence-electron chi connectivity index (χ4n) is 4.25. The van der Waals surface area contributed by atoms with Crippen molar-refractivity contribution in [2.75, 3.05) is 11.9 Å². The third-order valence-electron chi connectivity index (χ3n) is 5.76. The molecule has 34 heavy (non-hydrogen) atoms. The van der Waals surface area contributed by atoms with Crippen LogP contribution in [-0.4, -0.2) is 32.0 Å². The molecule has 0 saturated carbocycles. The van der Waals surface area contributed by atoms with Gasteiger partial charge < -0.3 is 20.1 Å². The second-order valence-electron chi connectivity index (χ2n) is 7.95. The van der Waals surface area contributed by atoms with E-state index in [1.165, 1.54) is 12.1 Å². The number of hydrogen-bond acceptors (Lipinski definition) is 3. The minimum absolute atomic E-state index is 0.0589. The fraction of sp³-hybridized carbons (Fsp3) is 0.115. The van der Waals surface area contributed by atoms with Crippen LogP contribution >= 0.6 is 12.2 Å². The topological polar surface area (TPSA) is 62.2 Å². The number of carbonyl (C=O) groups excluding carboxylic acids is 1. The molecule has 2 unspecified atom stereocenters. The summed E-state index contributed by atoms with van der Waals surface area (Å²) in [5.74, 6) is -0.478. The first-order chi connectivity index (χ1) is 16.6. The van der Waals surface area contributed by atoms with E-state index in [0.717, 1.165) is 22.8 Å². The molecule has 1 aliphatic heterocycles. The van der Waals surface area contributed by atoms with Gasteiger partial charge in [-0.15, -0.1) is 0 Å². The van der Waals surface area contributed by atoms with Gasteiger partial charge in [-0.3, -0.25) is 9.78 Å². The van der Waals surface area contributed by atoms with Gasteiger partial charge in [0.25, 0.3) is 0 Å². The molecule has 2 aromatic carbocycles. The zero-order valence-corrected chi connectivity index (χ0v) is 19.0. The molecule has 1 saturated heterocycles. The van der Waals surface area contributed by atoms with Gasteiger partial charge in [-0.1, -0.05) is 24.3 Å². The van der Waals surface area contributed by atoms with Gasteiger partial charge in [-0.25, -0.2) is 4.39 Å². The SMILES string of the molecule is O=C(CN1C(=S)NC(c2ccccn2)C1c1cccn1-c1ccc(F)cc1)Nc1ccccc1. The number of carbonyl (C=O) groups is 1. The number of nitrogens with one attached hydrogen (secondary N) is 2. The normalized spacial score (nSPS) is 17.4. The van der Waals surface area contributed by atoms with Crippen LogP contribution in [0.15, 0.2) is 97.3 Å². The summed E-state index contributed by atoms with van der Waals surface area (Å²) in [7, 11) is 0. The number of para-hydroxylation sites is 1. The van der Waals surface area contributed by atoms with Crippen molar-refractivity contribution in [3.8, 4) is 5.69 Å². The number of pyridine rings is 1. The molecule has 170 valence electrons. The summed E-state index contributed by atoms with van der Waals surface area (Å²) in [6.07, 6.45) is 3.66. The molecule has 1 amide bonds. The van der Waals surface area contributed by atoms with Crippen molar-refractivity contribution in [2.45, 2.75) is 12.1 Å². The Bertz CT molecular complexity index is 1290. The van der Waals surface area contributed by atoms with Crippen LogP contribution in [0, 0.1) is 5.82 Å². The Kier molecular flexibility index (Phi) is 6.05. The zero-order valence-electron chi connectivity index (χ0n) is 18.1. The molecule has 0 aliphatic carbocycles. The minimum atomic E-state index is -0.316. The standard InChI is InChI=1S/C26H22FN5OS/c27-18-11-13-20(14-12-18)31-16-6-10-22(31)25-24(21-9-4-5-15-28-21)30-26(34)32(25)17-23(33)29-19-7-2-1-3-8-19/h1-16,24-25H,17H2,(H,29,33)(H,30,34). The van der Waals surface area contributed by atoms with Crippen molar-refractivity contribution in [3.05, 3.63) is 115 Å². The molecule has 1 fully saturated rings. The maximum absolute atomic E-state index is 13.6. The lowest BCUT2D eigenvalue weighted by Gasteiger charge is -2.28. The Labute approximate surface area is 202 Å². The quantitative estimate of drug-likeness (QED) is 0.402. The van der Waals surface area contributed by atoms with E-state index < -0.39 is 0 Å². The van der Waals surface area contributed by atoms with Gasteiger partial charge >= 0.3 is 0 Å². The van der Waals surface area contributed by atoms with Gasteiger partial charge in [-0.2, -0.15) is 0 Å². The van der Waals surface area contributed by atoms with Crippen molar-refractivity contribution in [2.24, 2.45) is 0 Å². The highest BCUT2D eigenvalue weighted by Crippen LogP contribution is 2.39. The van der Waals surface area contributed by atoms with Crippen molar-refractivity contribution < 1.29 is 9.18 Å². The van der Waals surface area contributed by atoms with Crippen LogP contribution in [0.5, 0.6) is 0 Å². The molecule has 2 atom stereocenters. The van der Waals surface area contributed by atoms with Gasteiger partial charge in [0, 0.05) is 29.5 Å². The Morgan fingerprint density at radius 2 is 1.76 bits per heavy atom. The van der Waals surface area contributed by atoms with Gasteiger partial charge in [0.15, 0.2) is 5.11 Å². The summed E-state index contributed by atoms with van der Waals surface area (Å²) in [4.78, 5) is 19.4. The first-order valence-electron chi connectivity index (χ1n) is 10.9. The molecule has 0 spiro atoms. The van der Waals surface area contributed by atoms with E-state index in [2.05, 4.69) is 15.6 Å². The first kappa shape index (κ1) is 21.8. The first-order valence-corrected chi connectivity index (χ1v) is 11.3. The van der Waals surface area contributed by atoms with E-state index in [1.807, 2.05) is 76.3 Å². The summed E-state index contributed by atoms with van der Waals surface area (Å²) in [5, 5.41) is 6.76. The Balaban J connectivity index is 1.51. The highest BCUT2D eigenvalue weighted by Gasteiger charge is 2.42. The number of anilines is 1. The van der Waals surface area contributed by atoms with Gasteiger partial charge in [-0.05, 0) is 72.9 Å². The number of thiocarbonyl (C=S) groups is 1. The summed E-state index contributed by atoms with van der Waals surface area (Å²) in [6, 6.07) is 24.7. The van der Waals surface area contributed by atoms with Crippen LogP contribution in [0.25, 0.3) is 5.69 Å². The largest absolute Gasteiger partial charge is 0.352 e. The van der Waals surface area contributed by atoms with Crippen molar-refractivity contribution >= 4 is 28.9 Å². The number of rotatable bonds is 6. The van der Waals surface area contributed by atoms with E-state index in [-0.39, 0.29) is 30.4 Å². The molecule has 2 aromatic heterocycles. The number of amides is 1. The number of aromatic nitrogens is 2. The number of nitrogens with zero attached hydrogens (tertiary/aromatic N) is 3. The average molecular weight is 472 g/mol. The van der Waals surface area contributed by atoms with Crippen LogP contribution in [0.1, 0.15) is 23.5 Å². The highest BCUT2D eigenvalue weighted by molar-refractivity contribution is 7.80. The van der Waals surface area contributed by atoms with Crippen molar-refractivity contribution in [1.29, 1.82) is 0 Å². The predicted octanol–water partition coefficient (Wildman–Crippen LogP) is 4.62. The van der Waals surface area contributed by atoms with Crippen LogP contribution in [0.3, 0.4) is 0 Å². The summed E-state index contributed by atoms with van der Waals surface area (Å²) < 4.78 is 15.5. The zero-order chi connectivity index (χ0) is 23.5. The third-order valence-corrected chi connectivity index (χ3v) is 6.11. The minimum Gasteiger partial charge on any atom is -0.352 e. The van der Waals surface area contributed by atoms with Crippen molar-refractivity contribution in [1.82, 2.24) is 19.8 Å². The molecule has 4 aromatic rings. The van der Waals surface area contributed by atoms with E-state index >= 15 is 0 Å². The molecule has 8 heteroatoms. The van der Waals surface area contributed by atoms with E-state index in [1.54, 1.807) is 18.3 Å². The predicted molar refractivity (Wildman–Crippen MR) is 133 cm³/mol. The third kappa shape index (κ3) is 4.40. The lowest BCUT2D eigenvalue weighted by atomic mass is 10.0. The second kappa shape index (κ2) is 9.44. The Hall–Kier alpha value is -4.04. The van der Waals surface area contributed by atoms with Gasteiger partial charge in [0.05, 0.1) is 17.8 Å². The van der Waals surface area contributed by atoms with E-state index in [4.69, 9.17) is 12.2 Å². The van der Waals surface area contributed by atoms with Crippen LogP contribution < -0.4 is 10.6 Å². The highest BCUT2D eigenvalue weighted by atomic mass is 32.1. The van der Waals surface area contributed by atoms with Crippen LogP contribution in [0.4, 0.5) is 10.1 Å². The number of halogens is 1. The van der Waals surface area contributed by atoms with E-state index in [0.29, 0.717) is 5.11 Å². The molecule has 3 heterocycles. The van der Waals surface area contributed by atoms with Gasteiger partial charge in [0.1, 0.15) is 12.4 Å². The molecular weight excluding hydrogens is 449 g/mol.